The molecule has 1 aromatic rings. The van der Waals surface area contributed by atoms with Crippen molar-refractivity contribution in [2.45, 2.75) is 4.90 Å². The Labute approximate surface area is 104 Å². The van der Waals surface area contributed by atoms with Crippen LogP contribution >= 0.6 is 10.7 Å². The quantitative estimate of drug-likeness (QED) is 0.377. The molecule has 0 bridgehead atoms. The van der Waals surface area contributed by atoms with E-state index in [0.29, 0.717) is 6.07 Å². The third-order valence-electron chi connectivity index (χ3n) is 1.72. The predicted octanol–water partition coefficient (Wildman–Crippen LogP) is 2.91. The highest BCUT2D eigenvalue weighted by Crippen LogP contribution is 2.47. The lowest BCUT2D eigenvalue weighted by Gasteiger charge is -2.08. The summed E-state index contributed by atoms with van der Waals surface area (Å²) < 4.78 is 22.4. The van der Waals surface area contributed by atoms with Crippen LogP contribution in [0, 0.1) is 0 Å². The molecule has 0 fully saturated rings. The van der Waals surface area contributed by atoms with Gasteiger partial charge in [-0.25, -0.2) is 8.42 Å². The zero-order valence-electron chi connectivity index (χ0n) is 8.26. The largest absolute Gasteiger partial charge is 0.507 e. The zero-order chi connectivity index (χ0) is 13.9. The molecule has 0 aliphatic carbocycles. The molecule has 0 radical (unpaired) electrons. The Morgan fingerprint density at radius 1 is 1.11 bits per heavy atom. The van der Waals surface area contributed by atoms with E-state index in [2.05, 4.69) is 20.1 Å². The second-order valence-corrected chi connectivity index (χ2v) is 5.26. The lowest BCUT2D eigenvalue weighted by molar-refractivity contribution is 0.441. The van der Waals surface area contributed by atoms with Crippen molar-refractivity contribution in [2.75, 3.05) is 0 Å². The molecule has 0 saturated heterocycles. The molecule has 0 aliphatic rings. The van der Waals surface area contributed by atoms with Crippen molar-refractivity contribution in [3.63, 3.8) is 0 Å². The maximum Gasteiger partial charge on any atom is 0.265 e. The summed E-state index contributed by atoms with van der Waals surface area (Å²) in [4.78, 5) is 3.67. The van der Waals surface area contributed by atoms with Crippen molar-refractivity contribution >= 4 is 31.1 Å². The van der Waals surface area contributed by atoms with Crippen molar-refractivity contribution in [1.82, 2.24) is 0 Å². The van der Waals surface area contributed by atoms with Gasteiger partial charge in [0.1, 0.15) is 16.4 Å². The number of hydrogen-bond donors (Lipinski definition) is 2. The Kier molecular flexibility index (Phi) is 3.74. The Balaban J connectivity index is 3.98. The molecular weight excluding hydrogens is 288 g/mol. The third kappa shape index (κ3) is 2.50. The average Bonchev–Trinajstić information content (AvgIpc) is 2.21. The van der Waals surface area contributed by atoms with Gasteiger partial charge in [0.15, 0.2) is 0 Å². The molecule has 0 aliphatic heterocycles. The Bertz CT molecular complexity index is 703. The van der Waals surface area contributed by atoms with Crippen LogP contribution in [0.4, 0.5) is 11.4 Å². The summed E-state index contributed by atoms with van der Waals surface area (Å²) in [5.74, 6) is -1.71. The number of phenols is 2. The molecule has 0 atom stereocenters. The van der Waals surface area contributed by atoms with Gasteiger partial charge in [-0.15, -0.1) is 0 Å². The molecule has 1 rings (SSSR count). The number of azide groups is 2. The zero-order valence-corrected chi connectivity index (χ0v) is 9.83. The number of phenolic OH excluding ortho intramolecular Hbond substituents is 2. The summed E-state index contributed by atoms with van der Waals surface area (Å²) in [6.07, 6.45) is 0. The number of rotatable bonds is 3. The number of halogens is 1. The molecule has 0 amide bonds. The first-order valence-corrected chi connectivity index (χ1v) is 6.27. The fraction of sp³-hybridized carbons (Fsp3) is 0. The van der Waals surface area contributed by atoms with Gasteiger partial charge in [0.2, 0.25) is 0 Å². The maximum atomic E-state index is 11.2. The van der Waals surface area contributed by atoms with E-state index in [9.17, 15) is 18.6 Å². The second-order valence-electron chi connectivity index (χ2n) is 2.76. The van der Waals surface area contributed by atoms with Crippen molar-refractivity contribution in [2.24, 2.45) is 10.2 Å². The molecule has 0 unspecified atom stereocenters. The lowest BCUT2D eigenvalue weighted by atomic mass is 10.2. The van der Waals surface area contributed by atoms with Crippen LogP contribution in [-0.4, -0.2) is 18.6 Å². The van der Waals surface area contributed by atoms with E-state index in [1.807, 2.05) is 0 Å². The number of benzene rings is 1. The summed E-state index contributed by atoms with van der Waals surface area (Å²) in [6, 6.07) is 0.593. The van der Waals surface area contributed by atoms with Crippen LogP contribution in [-0.2, 0) is 9.05 Å². The van der Waals surface area contributed by atoms with Crippen molar-refractivity contribution in [3.8, 4) is 11.5 Å². The van der Waals surface area contributed by atoms with E-state index < -0.39 is 36.8 Å². The Morgan fingerprint density at radius 3 is 2.06 bits per heavy atom. The van der Waals surface area contributed by atoms with Crippen LogP contribution < -0.4 is 0 Å². The van der Waals surface area contributed by atoms with E-state index in [-0.39, 0.29) is 0 Å². The molecule has 0 heterocycles. The standard InChI is InChI=1S/C6H3ClN6O4S/c7-18(16,17)6-3(15)1-2(14)4(10-12-8)5(6)11-13-9/h1,14-15H. The summed E-state index contributed by atoms with van der Waals surface area (Å²) in [5.41, 5.74) is 15.1. The van der Waals surface area contributed by atoms with Gasteiger partial charge < -0.3 is 10.2 Å². The van der Waals surface area contributed by atoms with Crippen LogP contribution in [0.15, 0.2) is 21.2 Å². The van der Waals surface area contributed by atoms with E-state index >= 15 is 0 Å². The molecular formula is C6H3ClN6O4S. The molecule has 0 aromatic heterocycles. The minimum atomic E-state index is -4.48. The van der Waals surface area contributed by atoms with Gasteiger partial charge in [0.25, 0.3) is 9.05 Å². The monoisotopic (exact) mass is 290 g/mol. The van der Waals surface area contributed by atoms with Crippen LogP contribution in [0.2, 0.25) is 0 Å². The molecule has 0 saturated carbocycles. The average molecular weight is 291 g/mol. The van der Waals surface area contributed by atoms with Gasteiger partial charge in [-0.05, 0) is 11.1 Å². The van der Waals surface area contributed by atoms with Gasteiger partial charge in [-0.2, -0.15) is 0 Å². The molecule has 94 valence electrons. The first-order chi connectivity index (χ1) is 8.32. The third-order valence-corrected chi connectivity index (χ3v) is 3.07. The summed E-state index contributed by atoms with van der Waals surface area (Å²) >= 11 is 0. The highest BCUT2D eigenvalue weighted by Gasteiger charge is 2.25. The molecule has 2 N–H and O–H groups in total. The van der Waals surface area contributed by atoms with Gasteiger partial charge >= 0.3 is 0 Å². The van der Waals surface area contributed by atoms with Gasteiger partial charge in [-0.3, -0.25) is 0 Å². The van der Waals surface area contributed by atoms with Gasteiger partial charge in [0.05, 0.1) is 11.4 Å². The Morgan fingerprint density at radius 2 is 1.61 bits per heavy atom. The first-order valence-electron chi connectivity index (χ1n) is 3.96. The highest BCUT2D eigenvalue weighted by atomic mass is 35.7. The fourth-order valence-corrected chi connectivity index (χ4v) is 2.27. The first kappa shape index (κ1) is 13.7. The van der Waals surface area contributed by atoms with Crippen LogP contribution in [0.1, 0.15) is 0 Å². The van der Waals surface area contributed by atoms with Crippen molar-refractivity contribution in [1.29, 1.82) is 0 Å². The van der Waals surface area contributed by atoms with Crippen LogP contribution in [0.5, 0.6) is 11.5 Å². The lowest BCUT2D eigenvalue weighted by Crippen LogP contribution is -1.92. The summed E-state index contributed by atoms with van der Waals surface area (Å²) in [7, 11) is 0.561. The van der Waals surface area contributed by atoms with E-state index in [1.54, 1.807) is 0 Å². The minimum Gasteiger partial charge on any atom is -0.507 e. The second kappa shape index (κ2) is 4.90. The number of nitrogens with zero attached hydrogens (tertiary/aromatic N) is 6. The van der Waals surface area contributed by atoms with Crippen LogP contribution in [0.3, 0.4) is 0 Å². The molecule has 12 heteroatoms. The molecule has 0 spiro atoms. The molecule has 1 aromatic carbocycles. The molecule has 10 nitrogen and oxygen atoms in total. The van der Waals surface area contributed by atoms with Gasteiger partial charge in [-0.1, -0.05) is 10.2 Å². The highest BCUT2D eigenvalue weighted by molar-refractivity contribution is 8.14. The summed E-state index contributed by atoms with van der Waals surface area (Å²) in [5, 5.41) is 24.7. The van der Waals surface area contributed by atoms with Crippen LogP contribution in [0.25, 0.3) is 20.9 Å². The topological polar surface area (TPSA) is 172 Å². The minimum absolute atomic E-state index is 0.593. The number of aromatic hydroxyl groups is 2. The van der Waals surface area contributed by atoms with E-state index in [0.717, 1.165) is 0 Å². The Hall–Kier alpha value is -2.32. The maximum absolute atomic E-state index is 11.2. The molecule has 18 heavy (non-hydrogen) atoms. The normalized spacial score (nSPS) is 10.3. The van der Waals surface area contributed by atoms with Crippen molar-refractivity contribution in [3.05, 3.63) is 27.0 Å². The smallest absolute Gasteiger partial charge is 0.265 e. The fourth-order valence-electron chi connectivity index (χ4n) is 1.13. The van der Waals surface area contributed by atoms with E-state index in [1.165, 1.54) is 0 Å². The van der Waals surface area contributed by atoms with Gasteiger partial charge in [0, 0.05) is 26.6 Å². The SMILES string of the molecule is [N-]=[N+]=Nc1c(O)cc(O)c(S(=O)(=O)Cl)c1N=[N+]=[N-]. The van der Waals surface area contributed by atoms with Crippen molar-refractivity contribution < 1.29 is 18.6 Å². The predicted molar refractivity (Wildman–Crippen MR) is 60.4 cm³/mol. The van der Waals surface area contributed by atoms with E-state index in [4.69, 9.17) is 21.7 Å². The number of hydrogen-bond acceptors (Lipinski definition) is 6. The summed E-state index contributed by atoms with van der Waals surface area (Å²) in [6.45, 7) is 0.